The van der Waals surface area contributed by atoms with Crippen LogP contribution in [0.1, 0.15) is 12.5 Å². The van der Waals surface area contributed by atoms with Crippen LogP contribution in [-0.2, 0) is 11.3 Å². The van der Waals surface area contributed by atoms with Crippen LogP contribution in [-0.4, -0.2) is 18.8 Å². The lowest BCUT2D eigenvalue weighted by molar-refractivity contribution is -0.127. The Morgan fingerprint density at radius 1 is 1.22 bits per heavy atom. The molecule has 0 aromatic heterocycles. The van der Waals surface area contributed by atoms with E-state index in [0.717, 1.165) is 15.8 Å². The molecule has 1 heterocycles. The fourth-order valence-electron chi connectivity index (χ4n) is 2.15. The van der Waals surface area contributed by atoms with Gasteiger partial charge in [-0.15, -0.1) is 0 Å². The van der Waals surface area contributed by atoms with Gasteiger partial charge < -0.3 is 19.5 Å². The summed E-state index contributed by atoms with van der Waals surface area (Å²) in [6.45, 7) is 2.36. The zero-order chi connectivity index (χ0) is 16.2. The third kappa shape index (κ3) is 3.96. The maximum Gasteiger partial charge on any atom is 0.261 e. The molecular weight excluding hydrogens is 362 g/mol. The molecule has 0 saturated heterocycles. The molecule has 2 aromatic carbocycles. The Labute approximate surface area is 142 Å². The first-order valence-electron chi connectivity index (χ1n) is 7.20. The van der Waals surface area contributed by atoms with Crippen molar-refractivity contribution in [3.63, 3.8) is 0 Å². The molecule has 6 heteroatoms. The van der Waals surface area contributed by atoms with Crippen molar-refractivity contribution < 1.29 is 19.0 Å². The number of hydrogen-bond donors (Lipinski definition) is 1. The second kappa shape index (κ2) is 6.91. The second-order valence-electron chi connectivity index (χ2n) is 5.12. The zero-order valence-corrected chi connectivity index (χ0v) is 14.1. The standard InChI is InChI=1S/C17H16BrNO4/c1-11(23-14-5-3-13(18)4-6-14)17(20)19-9-12-2-7-15-16(8-12)22-10-21-15/h2-8,11H,9-10H2,1H3,(H,19,20). The highest BCUT2D eigenvalue weighted by Crippen LogP contribution is 2.32. The van der Waals surface area contributed by atoms with Gasteiger partial charge in [0, 0.05) is 11.0 Å². The number of benzene rings is 2. The molecule has 1 atom stereocenters. The topological polar surface area (TPSA) is 56.8 Å². The van der Waals surface area contributed by atoms with Crippen molar-refractivity contribution in [2.75, 3.05) is 6.79 Å². The van der Waals surface area contributed by atoms with Crippen molar-refractivity contribution in [3.05, 3.63) is 52.5 Å². The predicted octanol–water partition coefficient (Wildman–Crippen LogP) is 3.26. The summed E-state index contributed by atoms with van der Waals surface area (Å²) in [5.74, 6) is 1.91. The minimum atomic E-state index is -0.579. The maximum absolute atomic E-state index is 12.1. The summed E-state index contributed by atoms with van der Waals surface area (Å²) >= 11 is 3.36. The quantitative estimate of drug-likeness (QED) is 0.868. The second-order valence-corrected chi connectivity index (χ2v) is 6.04. The van der Waals surface area contributed by atoms with Gasteiger partial charge in [-0.1, -0.05) is 22.0 Å². The zero-order valence-electron chi connectivity index (χ0n) is 12.5. The van der Waals surface area contributed by atoms with Gasteiger partial charge >= 0.3 is 0 Å². The molecule has 3 rings (SSSR count). The summed E-state index contributed by atoms with van der Waals surface area (Å²) in [6, 6.07) is 13.0. The number of rotatable bonds is 5. The summed E-state index contributed by atoms with van der Waals surface area (Å²) < 4.78 is 17.2. The van der Waals surface area contributed by atoms with Gasteiger partial charge in [-0.3, -0.25) is 4.79 Å². The van der Waals surface area contributed by atoms with Gasteiger partial charge in [0.05, 0.1) is 0 Å². The maximum atomic E-state index is 12.1. The Hall–Kier alpha value is -2.21. The molecule has 0 bridgehead atoms. The van der Waals surface area contributed by atoms with Crippen LogP contribution in [0.15, 0.2) is 46.9 Å². The Morgan fingerprint density at radius 3 is 2.74 bits per heavy atom. The van der Waals surface area contributed by atoms with Crippen LogP contribution < -0.4 is 19.5 Å². The lowest BCUT2D eigenvalue weighted by Gasteiger charge is -2.15. The number of carbonyl (C=O) groups is 1. The molecule has 0 aliphatic carbocycles. The van der Waals surface area contributed by atoms with Crippen LogP contribution in [0.3, 0.4) is 0 Å². The average molecular weight is 378 g/mol. The predicted molar refractivity (Wildman–Crippen MR) is 88.6 cm³/mol. The number of halogens is 1. The van der Waals surface area contributed by atoms with E-state index in [1.165, 1.54) is 0 Å². The van der Waals surface area contributed by atoms with Crippen molar-refractivity contribution in [2.45, 2.75) is 19.6 Å². The van der Waals surface area contributed by atoms with Crippen LogP contribution in [0.5, 0.6) is 17.2 Å². The van der Waals surface area contributed by atoms with Crippen LogP contribution in [0.4, 0.5) is 0 Å². The summed E-state index contributed by atoms with van der Waals surface area (Å²) in [7, 11) is 0. The van der Waals surface area contributed by atoms with E-state index in [4.69, 9.17) is 14.2 Å². The van der Waals surface area contributed by atoms with Gasteiger partial charge in [0.15, 0.2) is 17.6 Å². The Balaban J connectivity index is 1.53. The fourth-order valence-corrected chi connectivity index (χ4v) is 2.42. The van der Waals surface area contributed by atoms with Gasteiger partial charge in [-0.05, 0) is 48.9 Å². The number of hydrogen-bond acceptors (Lipinski definition) is 4. The van der Waals surface area contributed by atoms with Crippen molar-refractivity contribution in [1.82, 2.24) is 5.32 Å². The number of ether oxygens (including phenoxy) is 3. The highest BCUT2D eigenvalue weighted by molar-refractivity contribution is 9.10. The molecule has 1 unspecified atom stereocenters. The van der Waals surface area contributed by atoms with E-state index < -0.39 is 6.10 Å². The normalized spacial score (nSPS) is 13.5. The summed E-state index contributed by atoms with van der Waals surface area (Å²) in [5, 5.41) is 2.85. The highest BCUT2D eigenvalue weighted by atomic mass is 79.9. The molecule has 1 N–H and O–H groups in total. The van der Waals surface area contributed by atoms with E-state index in [-0.39, 0.29) is 12.7 Å². The number of fused-ring (bicyclic) bond motifs is 1. The highest BCUT2D eigenvalue weighted by Gasteiger charge is 2.16. The van der Waals surface area contributed by atoms with Crippen molar-refractivity contribution >= 4 is 21.8 Å². The van der Waals surface area contributed by atoms with E-state index in [0.29, 0.717) is 18.0 Å². The summed E-state index contributed by atoms with van der Waals surface area (Å²) in [5.41, 5.74) is 0.943. The van der Waals surface area contributed by atoms with E-state index in [1.807, 2.05) is 42.5 Å². The van der Waals surface area contributed by atoms with Gasteiger partial charge in [0.2, 0.25) is 6.79 Å². The molecule has 1 aliphatic heterocycles. The van der Waals surface area contributed by atoms with Crippen molar-refractivity contribution in [2.24, 2.45) is 0 Å². The van der Waals surface area contributed by atoms with Gasteiger partial charge in [-0.2, -0.15) is 0 Å². The van der Waals surface area contributed by atoms with Gasteiger partial charge in [0.1, 0.15) is 5.75 Å². The van der Waals surface area contributed by atoms with Crippen molar-refractivity contribution in [3.8, 4) is 17.2 Å². The third-order valence-electron chi connectivity index (χ3n) is 3.40. The Kier molecular flexibility index (Phi) is 4.71. The molecule has 120 valence electrons. The van der Waals surface area contributed by atoms with E-state index in [2.05, 4.69) is 21.2 Å². The molecule has 1 amide bonds. The van der Waals surface area contributed by atoms with Gasteiger partial charge in [-0.25, -0.2) is 0 Å². The van der Waals surface area contributed by atoms with Crippen molar-refractivity contribution in [1.29, 1.82) is 0 Å². The molecule has 0 spiro atoms. The monoisotopic (exact) mass is 377 g/mol. The Bertz CT molecular complexity index is 702. The minimum absolute atomic E-state index is 0.175. The van der Waals surface area contributed by atoms with Crippen LogP contribution in [0.25, 0.3) is 0 Å². The smallest absolute Gasteiger partial charge is 0.261 e. The lowest BCUT2D eigenvalue weighted by Crippen LogP contribution is -2.35. The molecule has 0 radical (unpaired) electrons. The molecule has 2 aromatic rings. The largest absolute Gasteiger partial charge is 0.481 e. The summed E-state index contributed by atoms with van der Waals surface area (Å²) in [4.78, 5) is 12.1. The molecule has 1 aliphatic rings. The van der Waals surface area contributed by atoms with Gasteiger partial charge in [0.25, 0.3) is 5.91 Å². The third-order valence-corrected chi connectivity index (χ3v) is 3.93. The first-order valence-corrected chi connectivity index (χ1v) is 7.99. The molecule has 5 nitrogen and oxygen atoms in total. The number of carbonyl (C=O) groups excluding carboxylic acids is 1. The number of amides is 1. The molecule has 23 heavy (non-hydrogen) atoms. The lowest BCUT2D eigenvalue weighted by atomic mass is 10.2. The van der Waals surface area contributed by atoms with Crippen LogP contribution >= 0.6 is 15.9 Å². The summed E-state index contributed by atoms with van der Waals surface area (Å²) in [6.07, 6.45) is -0.579. The minimum Gasteiger partial charge on any atom is -0.481 e. The fraction of sp³-hybridized carbons (Fsp3) is 0.235. The molecular formula is C17H16BrNO4. The molecule has 0 fully saturated rings. The van der Waals surface area contributed by atoms with Crippen LogP contribution in [0, 0.1) is 0 Å². The molecule has 0 saturated carbocycles. The number of nitrogens with one attached hydrogen (secondary N) is 1. The first kappa shape index (κ1) is 15.7. The Morgan fingerprint density at radius 2 is 1.96 bits per heavy atom. The van der Waals surface area contributed by atoms with E-state index in [9.17, 15) is 4.79 Å². The SMILES string of the molecule is CC(Oc1ccc(Br)cc1)C(=O)NCc1ccc2c(c1)OCO2. The van der Waals surface area contributed by atoms with Crippen LogP contribution in [0.2, 0.25) is 0 Å². The van der Waals surface area contributed by atoms with E-state index in [1.54, 1.807) is 6.92 Å². The first-order chi connectivity index (χ1) is 11.1. The average Bonchev–Trinajstić information content (AvgIpc) is 3.02. The van der Waals surface area contributed by atoms with E-state index >= 15 is 0 Å².